The summed E-state index contributed by atoms with van der Waals surface area (Å²) in [5.41, 5.74) is 1.51. The molecule has 31 heavy (non-hydrogen) atoms. The van der Waals surface area contributed by atoms with Gasteiger partial charge in [0.1, 0.15) is 17.5 Å². The third-order valence-electron chi connectivity index (χ3n) is 6.34. The fourth-order valence-corrected chi connectivity index (χ4v) is 4.50. The summed E-state index contributed by atoms with van der Waals surface area (Å²) in [6, 6.07) is 12.5. The van der Waals surface area contributed by atoms with Crippen LogP contribution in [0.3, 0.4) is 0 Å². The van der Waals surface area contributed by atoms with Gasteiger partial charge in [0.05, 0.1) is 19.8 Å². The Morgan fingerprint density at radius 2 is 1.97 bits per heavy atom. The summed E-state index contributed by atoms with van der Waals surface area (Å²) in [6.45, 7) is 1.09. The number of halogens is 1. The van der Waals surface area contributed by atoms with Crippen LogP contribution in [0.2, 0.25) is 5.02 Å². The molecule has 164 valence electrons. The topological polar surface area (TPSA) is 67.9 Å². The predicted molar refractivity (Wildman–Crippen MR) is 119 cm³/mol. The van der Waals surface area contributed by atoms with Crippen LogP contribution in [0.5, 0.6) is 11.5 Å². The molecule has 7 heteroatoms. The van der Waals surface area contributed by atoms with E-state index >= 15 is 0 Å². The molecule has 0 bridgehead atoms. The lowest BCUT2D eigenvalue weighted by molar-refractivity contribution is -0.124. The molecule has 2 aliphatic rings. The molecule has 1 aliphatic heterocycles. The van der Waals surface area contributed by atoms with Gasteiger partial charge in [0.2, 0.25) is 5.91 Å². The van der Waals surface area contributed by atoms with Crippen LogP contribution >= 0.6 is 11.6 Å². The monoisotopic (exact) mass is 442 g/mol. The fourth-order valence-electron chi connectivity index (χ4n) is 4.33. The summed E-state index contributed by atoms with van der Waals surface area (Å²) >= 11 is 6.10. The summed E-state index contributed by atoms with van der Waals surface area (Å²) in [5, 5.41) is 3.57. The standard InChI is InChI=1S/C24H27ClN2O4/c1-30-18-6-3-5-16(13-18)24(10-11-24)15-26-22(28)20-7-4-12-27(20)23(29)19-14-17(25)8-9-21(19)31-2/h3,5-6,8-9,13-14,20H,4,7,10-12,15H2,1-2H3,(H,26,28). The lowest BCUT2D eigenvalue weighted by Crippen LogP contribution is -2.47. The van der Waals surface area contributed by atoms with Gasteiger partial charge >= 0.3 is 0 Å². The first-order valence-corrected chi connectivity index (χ1v) is 10.9. The normalized spacial score (nSPS) is 19.1. The number of likely N-dealkylation sites (tertiary alicyclic amines) is 1. The van der Waals surface area contributed by atoms with Crippen LogP contribution in [0.1, 0.15) is 41.6 Å². The number of ether oxygens (including phenoxy) is 2. The van der Waals surface area contributed by atoms with Gasteiger partial charge in [-0.25, -0.2) is 0 Å². The summed E-state index contributed by atoms with van der Waals surface area (Å²) in [4.78, 5) is 27.9. The van der Waals surface area contributed by atoms with Gasteiger partial charge in [0, 0.05) is 23.5 Å². The molecular formula is C24H27ClN2O4. The van der Waals surface area contributed by atoms with Crippen LogP contribution in [0.25, 0.3) is 0 Å². The van der Waals surface area contributed by atoms with Crippen LogP contribution < -0.4 is 14.8 Å². The number of benzene rings is 2. The minimum atomic E-state index is -0.489. The molecule has 1 atom stereocenters. The number of amides is 2. The number of hydrogen-bond donors (Lipinski definition) is 1. The molecule has 1 heterocycles. The van der Waals surface area contributed by atoms with E-state index in [9.17, 15) is 9.59 Å². The van der Waals surface area contributed by atoms with Crippen LogP contribution in [-0.4, -0.2) is 50.1 Å². The maximum Gasteiger partial charge on any atom is 0.258 e. The maximum absolute atomic E-state index is 13.2. The number of methoxy groups -OCH3 is 2. The fraction of sp³-hybridized carbons (Fsp3) is 0.417. The van der Waals surface area contributed by atoms with Crippen molar-refractivity contribution in [1.82, 2.24) is 10.2 Å². The first kappa shape index (κ1) is 21.5. The molecule has 2 fully saturated rings. The second kappa shape index (κ2) is 8.79. The van der Waals surface area contributed by atoms with Gasteiger partial charge in [-0.3, -0.25) is 9.59 Å². The van der Waals surface area contributed by atoms with Gasteiger partial charge in [-0.2, -0.15) is 0 Å². The van der Waals surface area contributed by atoms with Crippen molar-refractivity contribution in [3.63, 3.8) is 0 Å². The van der Waals surface area contributed by atoms with E-state index in [1.807, 2.05) is 18.2 Å². The Balaban J connectivity index is 1.45. The highest BCUT2D eigenvalue weighted by molar-refractivity contribution is 6.31. The lowest BCUT2D eigenvalue weighted by atomic mass is 9.95. The van der Waals surface area contributed by atoms with E-state index in [1.165, 1.54) is 12.7 Å². The average molecular weight is 443 g/mol. The molecule has 2 amide bonds. The smallest absolute Gasteiger partial charge is 0.258 e. The van der Waals surface area contributed by atoms with Crippen molar-refractivity contribution in [1.29, 1.82) is 0 Å². The average Bonchev–Trinajstić information content (AvgIpc) is 3.43. The Labute approximate surface area is 187 Å². The zero-order chi connectivity index (χ0) is 22.0. The molecule has 1 saturated carbocycles. The Hall–Kier alpha value is -2.73. The summed E-state index contributed by atoms with van der Waals surface area (Å²) in [5.74, 6) is 0.931. The Kier molecular flexibility index (Phi) is 6.10. The number of nitrogens with zero attached hydrogens (tertiary/aromatic N) is 1. The van der Waals surface area contributed by atoms with E-state index in [1.54, 1.807) is 30.2 Å². The number of hydrogen-bond acceptors (Lipinski definition) is 4. The molecule has 0 radical (unpaired) electrons. The van der Waals surface area contributed by atoms with Crippen molar-refractivity contribution in [2.24, 2.45) is 0 Å². The molecule has 0 spiro atoms. The number of carbonyl (C=O) groups excluding carboxylic acids is 2. The van der Waals surface area contributed by atoms with Crippen molar-refractivity contribution in [2.45, 2.75) is 37.1 Å². The minimum Gasteiger partial charge on any atom is -0.497 e. The molecule has 4 rings (SSSR count). The largest absolute Gasteiger partial charge is 0.497 e. The predicted octanol–water partition coefficient (Wildman–Crippen LogP) is 3.81. The van der Waals surface area contributed by atoms with Gasteiger partial charge in [-0.15, -0.1) is 0 Å². The molecule has 1 aliphatic carbocycles. The summed E-state index contributed by atoms with van der Waals surface area (Å²) in [6.07, 6.45) is 3.47. The number of rotatable bonds is 7. The van der Waals surface area contributed by atoms with E-state index in [0.29, 0.717) is 35.8 Å². The zero-order valence-corrected chi connectivity index (χ0v) is 18.6. The first-order chi connectivity index (χ1) is 15.0. The highest BCUT2D eigenvalue weighted by atomic mass is 35.5. The van der Waals surface area contributed by atoms with E-state index < -0.39 is 6.04 Å². The second-order valence-corrected chi connectivity index (χ2v) is 8.67. The highest BCUT2D eigenvalue weighted by Gasteiger charge is 2.45. The summed E-state index contributed by atoms with van der Waals surface area (Å²) < 4.78 is 10.7. The molecule has 1 N–H and O–H groups in total. The van der Waals surface area contributed by atoms with Crippen molar-refractivity contribution in [3.05, 3.63) is 58.6 Å². The van der Waals surface area contributed by atoms with Crippen molar-refractivity contribution < 1.29 is 19.1 Å². The van der Waals surface area contributed by atoms with Crippen LogP contribution in [0.15, 0.2) is 42.5 Å². The van der Waals surface area contributed by atoms with Gasteiger partial charge in [0.25, 0.3) is 5.91 Å². The Morgan fingerprint density at radius 3 is 2.68 bits per heavy atom. The van der Waals surface area contributed by atoms with Crippen molar-refractivity contribution in [3.8, 4) is 11.5 Å². The Morgan fingerprint density at radius 1 is 1.16 bits per heavy atom. The molecule has 1 saturated heterocycles. The third kappa shape index (κ3) is 4.35. The molecule has 2 aromatic rings. The number of carbonyl (C=O) groups is 2. The SMILES string of the molecule is COc1cccc(C2(CNC(=O)C3CCCN3C(=O)c3cc(Cl)ccc3OC)CC2)c1. The van der Waals surface area contributed by atoms with Crippen molar-refractivity contribution >= 4 is 23.4 Å². The second-order valence-electron chi connectivity index (χ2n) is 8.23. The lowest BCUT2D eigenvalue weighted by Gasteiger charge is -2.26. The first-order valence-electron chi connectivity index (χ1n) is 10.5. The summed E-state index contributed by atoms with van der Waals surface area (Å²) in [7, 11) is 3.17. The molecule has 2 aromatic carbocycles. The molecular weight excluding hydrogens is 416 g/mol. The van der Waals surface area contributed by atoms with E-state index in [0.717, 1.165) is 25.0 Å². The van der Waals surface area contributed by atoms with E-state index in [-0.39, 0.29) is 17.2 Å². The number of nitrogens with one attached hydrogen (secondary N) is 1. The molecule has 1 unspecified atom stereocenters. The third-order valence-corrected chi connectivity index (χ3v) is 6.58. The quantitative estimate of drug-likeness (QED) is 0.708. The maximum atomic E-state index is 13.2. The van der Waals surface area contributed by atoms with E-state index in [2.05, 4.69) is 11.4 Å². The van der Waals surface area contributed by atoms with Crippen LogP contribution in [0, 0.1) is 0 Å². The van der Waals surface area contributed by atoms with Gasteiger partial charge in [0.15, 0.2) is 0 Å². The Bertz CT molecular complexity index is 989. The minimum absolute atomic E-state index is 0.0478. The highest BCUT2D eigenvalue weighted by Crippen LogP contribution is 2.48. The molecule has 0 aromatic heterocycles. The van der Waals surface area contributed by atoms with E-state index in [4.69, 9.17) is 21.1 Å². The van der Waals surface area contributed by atoms with Crippen molar-refractivity contribution in [2.75, 3.05) is 27.3 Å². The van der Waals surface area contributed by atoms with Gasteiger partial charge in [-0.05, 0) is 61.6 Å². The van der Waals surface area contributed by atoms with Gasteiger partial charge < -0.3 is 19.7 Å². The molecule has 6 nitrogen and oxygen atoms in total. The van der Waals surface area contributed by atoms with Crippen LogP contribution in [0.4, 0.5) is 0 Å². The van der Waals surface area contributed by atoms with Gasteiger partial charge in [-0.1, -0.05) is 23.7 Å². The zero-order valence-electron chi connectivity index (χ0n) is 17.8. The van der Waals surface area contributed by atoms with Crippen LogP contribution in [-0.2, 0) is 10.2 Å².